The van der Waals surface area contributed by atoms with Crippen LogP contribution in [0, 0.1) is 0 Å². The molecule has 0 radical (unpaired) electrons. The number of nitrogens with one attached hydrogen (secondary N) is 1. The summed E-state index contributed by atoms with van der Waals surface area (Å²) in [5.74, 6) is -3.94. The second-order valence-corrected chi connectivity index (χ2v) is 7.94. The van der Waals surface area contributed by atoms with Crippen molar-refractivity contribution in [3.05, 3.63) is 24.3 Å². The third kappa shape index (κ3) is 4.51. The lowest BCUT2D eigenvalue weighted by Crippen LogP contribution is -2.39. The molecule has 5 nitrogen and oxygen atoms in total. The van der Waals surface area contributed by atoms with Crippen molar-refractivity contribution in [1.82, 2.24) is 4.90 Å². The quantitative estimate of drug-likeness (QED) is 0.847. The smallest absolute Gasteiger partial charge is 0.324 e. The molecule has 0 heterocycles. The van der Waals surface area contributed by atoms with Crippen molar-refractivity contribution in [3.63, 3.8) is 0 Å². The number of hydrogen-bond donors (Lipinski definition) is 1. The Bertz CT molecular complexity index is 674. The predicted octanol–water partition coefficient (Wildman–Crippen LogP) is 2.89. The van der Waals surface area contributed by atoms with Gasteiger partial charge in [0.1, 0.15) is 0 Å². The van der Waals surface area contributed by atoms with Gasteiger partial charge in [-0.25, -0.2) is 8.42 Å². The number of sulfone groups is 1. The SMILES string of the molecule is CN(CC(=O)Nc1ccccc1S(=O)(=O)C(F)F)C1CCCCC1. The fraction of sp³-hybridized carbons (Fsp3) is 0.562. The van der Waals surface area contributed by atoms with Crippen LogP contribution in [0.3, 0.4) is 0 Å². The van der Waals surface area contributed by atoms with Gasteiger partial charge < -0.3 is 5.32 Å². The molecule has 0 saturated heterocycles. The molecule has 0 aromatic heterocycles. The highest BCUT2D eigenvalue weighted by Crippen LogP contribution is 2.26. The number of amides is 1. The number of carbonyl (C=O) groups excluding carboxylic acids is 1. The van der Waals surface area contributed by atoms with Gasteiger partial charge in [0.25, 0.3) is 0 Å². The second-order valence-electron chi connectivity index (χ2n) is 6.06. The van der Waals surface area contributed by atoms with Gasteiger partial charge in [-0.15, -0.1) is 0 Å². The van der Waals surface area contributed by atoms with Crippen LogP contribution in [-0.2, 0) is 14.6 Å². The number of nitrogens with zero attached hydrogens (tertiary/aromatic N) is 1. The maximum Gasteiger partial charge on any atom is 0.341 e. The summed E-state index contributed by atoms with van der Waals surface area (Å²) in [5.41, 5.74) is -0.111. The first-order valence-electron chi connectivity index (χ1n) is 7.93. The molecule has 1 saturated carbocycles. The highest BCUT2D eigenvalue weighted by Gasteiger charge is 2.29. The topological polar surface area (TPSA) is 66.5 Å². The monoisotopic (exact) mass is 360 g/mol. The third-order valence-electron chi connectivity index (χ3n) is 4.29. The van der Waals surface area contributed by atoms with Crippen LogP contribution in [0.4, 0.5) is 14.5 Å². The van der Waals surface area contributed by atoms with Crippen LogP contribution < -0.4 is 5.32 Å². The predicted molar refractivity (Wildman–Crippen MR) is 87.8 cm³/mol. The average Bonchev–Trinajstić information content (AvgIpc) is 2.55. The Hall–Kier alpha value is -1.54. The first-order valence-corrected chi connectivity index (χ1v) is 9.48. The Morgan fingerprint density at radius 2 is 1.88 bits per heavy atom. The lowest BCUT2D eigenvalue weighted by atomic mass is 9.94. The molecule has 0 spiro atoms. The molecule has 1 aromatic rings. The number of halogens is 2. The first-order chi connectivity index (χ1) is 11.3. The largest absolute Gasteiger partial charge is 0.341 e. The van der Waals surface area contributed by atoms with E-state index >= 15 is 0 Å². The standard InChI is InChI=1S/C16H22F2N2O3S/c1-20(12-7-3-2-4-8-12)11-15(21)19-13-9-5-6-10-14(13)24(22,23)16(17)18/h5-6,9-10,12,16H,2-4,7-8,11H2,1H3,(H,19,21). The first kappa shape index (κ1) is 18.8. The van der Waals surface area contributed by atoms with Gasteiger partial charge >= 0.3 is 5.76 Å². The van der Waals surface area contributed by atoms with E-state index < -0.39 is 26.4 Å². The minimum Gasteiger partial charge on any atom is -0.324 e. The molecule has 134 valence electrons. The summed E-state index contributed by atoms with van der Waals surface area (Å²) in [6.45, 7) is 0.0910. The van der Waals surface area contributed by atoms with E-state index in [1.165, 1.54) is 24.6 Å². The molecule has 1 amide bonds. The van der Waals surface area contributed by atoms with E-state index in [1.807, 2.05) is 11.9 Å². The van der Waals surface area contributed by atoms with Crippen LogP contribution in [0.2, 0.25) is 0 Å². The van der Waals surface area contributed by atoms with E-state index in [2.05, 4.69) is 5.32 Å². The van der Waals surface area contributed by atoms with E-state index in [9.17, 15) is 22.0 Å². The maximum atomic E-state index is 12.8. The van der Waals surface area contributed by atoms with Crippen molar-refractivity contribution in [3.8, 4) is 0 Å². The van der Waals surface area contributed by atoms with Crippen LogP contribution in [0.5, 0.6) is 0 Å². The van der Waals surface area contributed by atoms with Crippen LogP contribution in [-0.4, -0.2) is 44.6 Å². The van der Waals surface area contributed by atoms with Crippen molar-refractivity contribution < 1.29 is 22.0 Å². The van der Waals surface area contributed by atoms with Crippen molar-refractivity contribution in [2.45, 2.75) is 48.8 Å². The number of alkyl halides is 2. The van der Waals surface area contributed by atoms with E-state index in [1.54, 1.807) is 0 Å². The van der Waals surface area contributed by atoms with Gasteiger partial charge in [0.2, 0.25) is 15.7 Å². The number of anilines is 1. The number of rotatable bonds is 6. The molecule has 8 heteroatoms. The Morgan fingerprint density at radius 3 is 2.50 bits per heavy atom. The summed E-state index contributed by atoms with van der Waals surface area (Å²) in [7, 11) is -2.92. The molecule has 0 unspecified atom stereocenters. The van der Waals surface area contributed by atoms with Gasteiger partial charge in [-0.3, -0.25) is 9.69 Å². The zero-order valence-electron chi connectivity index (χ0n) is 13.5. The average molecular weight is 360 g/mol. The van der Waals surface area contributed by atoms with Crippen molar-refractivity contribution in [2.75, 3.05) is 18.9 Å². The van der Waals surface area contributed by atoms with Crippen LogP contribution >= 0.6 is 0 Å². The summed E-state index contributed by atoms with van der Waals surface area (Å²) in [4.78, 5) is 13.5. The van der Waals surface area contributed by atoms with E-state index in [0.29, 0.717) is 6.04 Å². The van der Waals surface area contributed by atoms with Gasteiger partial charge in [0.05, 0.1) is 17.1 Å². The molecular formula is C16H22F2N2O3S. The van der Waals surface area contributed by atoms with Crippen molar-refractivity contribution in [2.24, 2.45) is 0 Å². The highest BCUT2D eigenvalue weighted by atomic mass is 32.2. The van der Waals surface area contributed by atoms with Crippen molar-refractivity contribution in [1.29, 1.82) is 0 Å². The molecular weight excluding hydrogens is 338 g/mol. The molecule has 1 fully saturated rings. The number of carbonyl (C=O) groups is 1. The molecule has 24 heavy (non-hydrogen) atoms. The zero-order chi connectivity index (χ0) is 17.7. The molecule has 1 aliphatic rings. The normalized spacial score (nSPS) is 16.5. The fourth-order valence-electron chi connectivity index (χ4n) is 2.98. The van der Waals surface area contributed by atoms with Gasteiger partial charge in [0.15, 0.2) is 0 Å². The van der Waals surface area contributed by atoms with E-state index in [4.69, 9.17) is 0 Å². The highest BCUT2D eigenvalue weighted by molar-refractivity contribution is 7.91. The van der Waals surface area contributed by atoms with Gasteiger partial charge in [-0.2, -0.15) is 8.78 Å². The van der Waals surface area contributed by atoms with E-state index in [-0.39, 0.29) is 12.2 Å². The summed E-state index contributed by atoms with van der Waals surface area (Å²) >= 11 is 0. The van der Waals surface area contributed by atoms with Gasteiger partial charge in [0, 0.05) is 6.04 Å². The van der Waals surface area contributed by atoms with Crippen molar-refractivity contribution >= 4 is 21.4 Å². The molecule has 1 aliphatic carbocycles. The third-order valence-corrected chi connectivity index (χ3v) is 5.73. The van der Waals surface area contributed by atoms with Crippen LogP contribution in [0.1, 0.15) is 32.1 Å². The zero-order valence-corrected chi connectivity index (χ0v) is 14.4. The number of benzene rings is 1. The Labute approximate surface area is 141 Å². The Kier molecular flexibility index (Phi) is 6.28. The lowest BCUT2D eigenvalue weighted by Gasteiger charge is -2.30. The summed E-state index contributed by atoms with van der Waals surface area (Å²) in [5, 5.41) is 2.45. The van der Waals surface area contributed by atoms with Crippen LogP contribution in [0.15, 0.2) is 29.2 Å². The van der Waals surface area contributed by atoms with Gasteiger partial charge in [-0.05, 0) is 32.0 Å². The summed E-state index contributed by atoms with van der Waals surface area (Å²) in [6.07, 6.45) is 5.52. The minimum absolute atomic E-state index is 0.0910. The Balaban J connectivity index is 2.07. The molecule has 2 rings (SSSR count). The fourth-order valence-corrected chi connectivity index (χ4v) is 3.87. The number of para-hydroxylation sites is 1. The minimum atomic E-state index is -4.76. The molecule has 1 aromatic carbocycles. The number of hydrogen-bond acceptors (Lipinski definition) is 4. The summed E-state index contributed by atoms with van der Waals surface area (Å²) in [6, 6.07) is 5.55. The van der Waals surface area contributed by atoms with Crippen LogP contribution in [0.25, 0.3) is 0 Å². The van der Waals surface area contributed by atoms with Gasteiger partial charge in [-0.1, -0.05) is 31.4 Å². The molecule has 1 N–H and O–H groups in total. The summed E-state index contributed by atoms with van der Waals surface area (Å²) < 4.78 is 48.9. The molecule has 0 aliphatic heterocycles. The molecule has 0 bridgehead atoms. The number of likely N-dealkylation sites (N-methyl/N-ethyl adjacent to an activating group) is 1. The second kappa shape index (κ2) is 8.02. The van der Waals surface area contributed by atoms with E-state index in [0.717, 1.165) is 31.7 Å². The Morgan fingerprint density at radius 1 is 1.25 bits per heavy atom. The lowest BCUT2D eigenvalue weighted by molar-refractivity contribution is -0.117. The molecule has 0 atom stereocenters. The maximum absolute atomic E-state index is 12.8.